The fraction of sp³-hybridized carbons (Fsp3) is 0.469. The Hall–Kier alpha value is -3.90. The number of rotatable bonds is 8. The molecule has 0 aliphatic carbocycles. The van der Waals surface area contributed by atoms with Gasteiger partial charge in [-0.25, -0.2) is 9.97 Å². The van der Waals surface area contributed by atoms with Gasteiger partial charge in [-0.3, -0.25) is 4.79 Å². The van der Waals surface area contributed by atoms with E-state index in [2.05, 4.69) is 30.4 Å². The van der Waals surface area contributed by atoms with Crippen molar-refractivity contribution in [1.82, 2.24) is 14.9 Å². The smallest absolute Gasteiger partial charge is 0.419 e. The molecule has 6 rings (SSSR count). The Bertz CT molecular complexity index is 1500. The number of alkyl halides is 3. The first kappa shape index (κ1) is 30.1. The molecule has 4 heterocycles. The summed E-state index contributed by atoms with van der Waals surface area (Å²) in [6.45, 7) is 3.70. The highest BCUT2D eigenvalue weighted by molar-refractivity contribution is 5.99. The van der Waals surface area contributed by atoms with E-state index in [9.17, 15) is 23.1 Å². The molecule has 0 unspecified atom stereocenters. The number of ether oxygens (including phenoxy) is 1. The first-order valence-electron chi connectivity index (χ1n) is 15.1. The van der Waals surface area contributed by atoms with Gasteiger partial charge in [-0.05, 0) is 67.9 Å². The molecule has 3 aliphatic rings. The molecule has 2 aromatic carbocycles. The van der Waals surface area contributed by atoms with E-state index >= 15 is 0 Å². The average Bonchev–Trinajstić information content (AvgIpc) is 3.41. The van der Waals surface area contributed by atoms with Crippen LogP contribution in [0.1, 0.15) is 48.1 Å². The van der Waals surface area contributed by atoms with Crippen molar-refractivity contribution in [1.29, 1.82) is 0 Å². The van der Waals surface area contributed by atoms with Gasteiger partial charge in [0.05, 0.1) is 36.6 Å². The summed E-state index contributed by atoms with van der Waals surface area (Å²) in [5.74, 6) is 0.457. The second kappa shape index (κ2) is 12.6. The number of aliphatic hydroxyl groups is 1. The van der Waals surface area contributed by atoms with Crippen molar-refractivity contribution in [2.75, 3.05) is 48.8 Å². The standard InChI is InChI=1S/C32H37F3N6O3/c1-44-29-17-22(41-13-9-21(10-14-41)40-15-11-23(42)12-16-40)6-8-28(29)39-31-36-19-25(32(33,34)35)27(38-31)7-5-20-3-2-4-26-24(20)18-30(43)37-26/h2-4,6,8,17,19,21,23,42H,5,7,9-16,18H2,1H3,(H,37,43)(H,36,38,39). The number of aromatic nitrogens is 2. The molecular weight excluding hydrogens is 573 g/mol. The monoisotopic (exact) mass is 610 g/mol. The van der Waals surface area contributed by atoms with Gasteiger partial charge in [-0.2, -0.15) is 13.2 Å². The Labute approximate surface area is 254 Å². The number of carbonyl (C=O) groups is 1. The van der Waals surface area contributed by atoms with Crippen LogP contribution in [0.5, 0.6) is 5.75 Å². The molecule has 44 heavy (non-hydrogen) atoms. The van der Waals surface area contributed by atoms with Crippen LogP contribution in [-0.4, -0.2) is 71.3 Å². The van der Waals surface area contributed by atoms with Crippen LogP contribution in [0.4, 0.5) is 36.2 Å². The zero-order chi connectivity index (χ0) is 30.8. The van der Waals surface area contributed by atoms with Crippen LogP contribution in [0.15, 0.2) is 42.6 Å². The number of nitrogens with zero attached hydrogens (tertiary/aromatic N) is 4. The topological polar surface area (TPSA) is 103 Å². The number of methoxy groups -OCH3 is 1. The number of halogens is 3. The van der Waals surface area contributed by atoms with Crippen LogP contribution in [0.2, 0.25) is 0 Å². The summed E-state index contributed by atoms with van der Waals surface area (Å²) >= 11 is 0. The molecule has 0 bridgehead atoms. The lowest BCUT2D eigenvalue weighted by Crippen LogP contribution is -2.48. The molecule has 0 atom stereocenters. The molecular formula is C32H37F3N6O3. The van der Waals surface area contributed by atoms with Crippen LogP contribution in [-0.2, 0) is 30.2 Å². The molecule has 0 saturated carbocycles. The predicted octanol–water partition coefficient (Wildman–Crippen LogP) is 4.95. The highest BCUT2D eigenvalue weighted by Crippen LogP contribution is 2.36. The number of likely N-dealkylation sites (tertiary alicyclic amines) is 1. The number of hydrogen-bond donors (Lipinski definition) is 3. The Morgan fingerprint density at radius 2 is 1.84 bits per heavy atom. The molecule has 2 fully saturated rings. The number of fused-ring (bicyclic) bond motifs is 1. The number of aryl methyl sites for hydroxylation is 2. The summed E-state index contributed by atoms with van der Waals surface area (Å²) < 4.78 is 47.3. The van der Waals surface area contributed by atoms with Gasteiger partial charge in [0.25, 0.3) is 0 Å². The average molecular weight is 611 g/mol. The molecule has 9 nitrogen and oxygen atoms in total. The maximum Gasteiger partial charge on any atom is 0.419 e. The third-order valence-corrected chi connectivity index (χ3v) is 8.97. The van der Waals surface area contributed by atoms with Gasteiger partial charge in [-0.15, -0.1) is 0 Å². The van der Waals surface area contributed by atoms with Crippen molar-refractivity contribution >= 4 is 28.9 Å². The fourth-order valence-electron chi connectivity index (χ4n) is 6.55. The van der Waals surface area contributed by atoms with Gasteiger partial charge < -0.3 is 30.3 Å². The molecule has 3 aliphatic heterocycles. The van der Waals surface area contributed by atoms with Crippen molar-refractivity contribution in [2.45, 2.75) is 63.3 Å². The minimum atomic E-state index is -4.61. The summed E-state index contributed by atoms with van der Waals surface area (Å²) in [6, 6.07) is 11.7. The Morgan fingerprint density at radius 3 is 2.57 bits per heavy atom. The second-order valence-corrected chi connectivity index (χ2v) is 11.7. The van der Waals surface area contributed by atoms with Crippen molar-refractivity contribution in [3.05, 3.63) is 65.0 Å². The molecule has 3 aromatic rings. The number of nitrogens with one attached hydrogen (secondary N) is 2. The maximum absolute atomic E-state index is 13.9. The Morgan fingerprint density at radius 1 is 1.07 bits per heavy atom. The van der Waals surface area contributed by atoms with Gasteiger partial charge in [-0.1, -0.05) is 12.1 Å². The van der Waals surface area contributed by atoms with E-state index in [1.807, 2.05) is 24.3 Å². The van der Waals surface area contributed by atoms with Crippen LogP contribution >= 0.6 is 0 Å². The number of carbonyl (C=O) groups excluding carboxylic acids is 1. The fourth-order valence-corrected chi connectivity index (χ4v) is 6.55. The zero-order valence-corrected chi connectivity index (χ0v) is 24.7. The molecule has 1 amide bonds. The first-order valence-corrected chi connectivity index (χ1v) is 15.1. The molecule has 0 radical (unpaired) electrons. The highest BCUT2D eigenvalue weighted by Gasteiger charge is 2.35. The number of hydrogen-bond acceptors (Lipinski definition) is 8. The predicted molar refractivity (Wildman–Crippen MR) is 162 cm³/mol. The highest BCUT2D eigenvalue weighted by atomic mass is 19.4. The molecule has 0 spiro atoms. The lowest BCUT2D eigenvalue weighted by atomic mass is 9.98. The number of amides is 1. The maximum atomic E-state index is 13.9. The van der Waals surface area contributed by atoms with Crippen molar-refractivity contribution < 1.29 is 27.8 Å². The minimum absolute atomic E-state index is 0.0285. The second-order valence-electron chi connectivity index (χ2n) is 11.7. The largest absolute Gasteiger partial charge is 0.494 e. The van der Waals surface area contributed by atoms with E-state index in [-0.39, 0.29) is 36.5 Å². The Balaban J connectivity index is 1.15. The van der Waals surface area contributed by atoms with E-state index in [1.165, 1.54) is 0 Å². The lowest BCUT2D eigenvalue weighted by molar-refractivity contribution is -0.138. The molecule has 234 valence electrons. The van der Waals surface area contributed by atoms with E-state index in [1.54, 1.807) is 19.2 Å². The number of piperidine rings is 2. The van der Waals surface area contributed by atoms with Gasteiger partial charge in [0.2, 0.25) is 11.9 Å². The first-order chi connectivity index (χ1) is 21.2. The van der Waals surface area contributed by atoms with Gasteiger partial charge in [0.15, 0.2) is 0 Å². The van der Waals surface area contributed by atoms with E-state index in [0.29, 0.717) is 29.6 Å². The van der Waals surface area contributed by atoms with Crippen LogP contribution in [0.3, 0.4) is 0 Å². The van der Waals surface area contributed by atoms with Crippen molar-refractivity contribution in [2.24, 2.45) is 0 Å². The van der Waals surface area contributed by atoms with Gasteiger partial charge >= 0.3 is 6.18 Å². The third-order valence-electron chi connectivity index (χ3n) is 8.97. The molecule has 3 N–H and O–H groups in total. The summed E-state index contributed by atoms with van der Waals surface area (Å²) in [5, 5.41) is 15.7. The van der Waals surface area contributed by atoms with Crippen LogP contribution in [0.25, 0.3) is 0 Å². The Kier molecular flexibility index (Phi) is 8.64. The van der Waals surface area contributed by atoms with Crippen LogP contribution < -0.4 is 20.3 Å². The summed E-state index contributed by atoms with van der Waals surface area (Å²) in [7, 11) is 1.55. The molecule has 12 heteroatoms. The third kappa shape index (κ3) is 6.61. The van der Waals surface area contributed by atoms with Gasteiger partial charge in [0, 0.05) is 55.9 Å². The SMILES string of the molecule is COc1cc(N2CCC(N3CCC(O)CC3)CC2)ccc1Nc1ncc(C(F)(F)F)c(CCc2cccc3c2CC(=O)N3)n1. The quantitative estimate of drug-likeness (QED) is 0.329. The molecule has 1 aromatic heterocycles. The number of benzene rings is 2. The molecule has 2 saturated heterocycles. The zero-order valence-electron chi connectivity index (χ0n) is 24.7. The van der Waals surface area contributed by atoms with Crippen molar-refractivity contribution in [3.8, 4) is 5.75 Å². The van der Waals surface area contributed by atoms with E-state index in [0.717, 1.165) is 74.9 Å². The normalized spacial score (nSPS) is 18.3. The minimum Gasteiger partial charge on any atom is -0.494 e. The van der Waals surface area contributed by atoms with Crippen molar-refractivity contribution in [3.63, 3.8) is 0 Å². The van der Waals surface area contributed by atoms with Crippen LogP contribution in [0, 0.1) is 0 Å². The summed E-state index contributed by atoms with van der Waals surface area (Å²) in [6.07, 6.45) is 0.336. The lowest BCUT2D eigenvalue weighted by Gasteiger charge is -2.41. The summed E-state index contributed by atoms with van der Waals surface area (Å²) in [5.41, 5.74) is 2.91. The summed E-state index contributed by atoms with van der Waals surface area (Å²) in [4.78, 5) is 25.0. The van der Waals surface area contributed by atoms with Gasteiger partial charge in [0.1, 0.15) is 5.75 Å². The van der Waals surface area contributed by atoms with E-state index < -0.39 is 11.7 Å². The van der Waals surface area contributed by atoms with E-state index in [4.69, 9.17) is 4.74 Å². The number of aliphatic hydroxyl groups excluding tert-OH is 1. The number of anilines is 4.